The molecule has 1 atom stereocenters. The van der Waals surface area contributed by atoms with Gasteiger partial charge < -0.3 is 10.0 Å². The molecular formula is C13H12F3NO3. The summed E-state index contributed by atoms with van der Waals surface area (Å²) in [6.45, 7) is 0.235. The lowest BCUT2D eigenvalue weighted by molar-refractivity contribution is -0.226. The van der Waals surface area contributed by atoms with E-state index in [0.29, 0.717) is 17.4 Å². The van der Waals surface area contributed by atoms with Crippen molar-refractivity contribution in [3.8, 4) is 0 Å². The third kappa shape index (κ3) is 1.93. The fourth-order valence-electron chi connectivity index (χ4n) is 2.24. The Kier molecular flexibility index (Phi) is 3.23. The molecule has 0 bridgehead atoms. The van der Waals surface area contributed by atoms with Gasteiger partial charge in [0.05, 0.1) is 0 Å². The maximum atomic E-state index is 13.1. The van der Waals surface area contributed by atoms with E-state index in [0.717, 1.165) is 0 Å². The number of nitrogens with zero attached hydrogens (tertiary/aromatic N) is 1. The van der Waals surface area contributed by atoms with Crippen molar-refractivity contribution in [2.75, 3.05) is 6.54 Å². The minimum Gasteiger partial charge on any atom is -0.479 e. The topological polar surface area (TPSA) is 57.6 Å². The van der Waals surface area contributed by atoms with Gasteiger partial charge in [0.15, 0.2) is 0 Å². The van der Waals surface area contributed by atoms with Gasteiger partial charge in [-0.05, 0) is 25.0 Å². The van der Waals surface area contributed by atoms with E-state index >= 15 is 0 Å². The average molecular weight is 287 g/mol. The minimum absolute atomic E-state index is 0.121. The lowest BCUT2D eigenvalue weighted by Crippen LogP contribution is -2.65. The number of carbonyl (C=O) groups excluding carboxylic acids is 1. The van der Waals surface area contributed by atoms with E-state index in [9.17, 15) is 22.8 Å². The molecular weight excluding hydrogens is 275 g/mol. The fourth-order valence-corrected chi connectivity index (χ4v) is 2.24. The van der Waals surface area contributed by atoms with Crippen LogP contribution in [0.2, 0.25) is 0 Å². The van der Waals surface area contributed by atoms with Crippen molar-refractivity contribution in [3.05, 3.63) is 35.4 Å². The van der Waals surface area contributed by atoms with Crippen LogP contribution in [0.1, 0.15) is 22.8 Å². The molecule has 0 saturated carbocycles. The van der Waals surface area contributed by atoms with Crippen molar-refractivity contribution in [1.29, 1.82) is 0 Å². The molecule has 7 heteroatoms. The first-order chi connectivity index (χ1) is 9.19. The molecule has 1 amide bonds. The smallest absolute Gasteiger partial charge is 0.422 e. The monoisotopic (exact) mass is 287 g/mol. The number of carboxylic acids is 1. The number of amides is 1. The molecule has 1 aromatic rings. The Bertz CT molecular complexity index is 570. The zero-order chi connectivity index (χ0) is 15.1. The molecule has 1 heterocycles. The van der Waals surface area contributed by atoms with Crippen molar-refractivity contribution in [2.24, 2.45) is 0 Å². The second-order valence-corrected chi connectivity index (χ2v) is 4.74. The Morgan fingerprint density at radius 2 is 1.90 bits per heavy atom. The third-order valence-corrected chi connectivity index (χ3v) is 3.61. The van der Waals surface area contributed by atoms with Crippen LogP contribution in [-0.4, -0.2) is 40.1 Å². The molecule has 0 aliphatic carbocycles. The molecule has 1 N–H and O–H groups in total. The predicted molar refractivity (Wildman–Crippen MR) is 63.3 cm³/mol. The summed E-state index contributed by atoms with van der Waals surface area (Å²) < 4.78 is 39.3. The van der Waals surface area contributed by atoms with Crippen LogP contribution in [0, 0.1) is 0 Å². The second-order valence-electron chi connectivity index (χ2n) is 4.74. The Labute approximate surface area is 112 Å². The summed E-state index contributed by atoms with van der Waals surface area (Å²) in [4.78, 5) is 23.7. The van der Waals surface area contributed by atoms with Crippen molar-refractivity contribution < 1.29 is 27.9 Å². The standard InChI is InChI=1S/C13H12F3NO3/c1-12(11(19)20,13(14,15)16)17-7-6-8-4-2-3-5-9(8)10(17)18/h2-5H,6-7H2,1H3,(H,19,20). The second kappa shape index (κ2) is 4.50. The summed E-state index contributed by atoms with van der Waals surface area (Å²) in [6.07, 6.45) is -4.86. The van der Waals surface area contributed by atoms with Crippen molar-refractivity contribution >= 4 is 11.9 Å². The molecule has 0 fully saturated rings. The Hall–Kier alpha value is -2.05. The first-order valence-corrected chi connectivity index (χ1v) is 5.89. The highest BCUT2D eigenvalue weighted by Crippen LogP contribution is 2.38. The van der Waals surface area contributed by atoms with Gasteiger partial charge in [-0.3, -0.25) is 4.79 Å². The Balaban J connectivity index is 2.49. The highest BCUT2D eigenvalue weighted by Gasteiger charge is 2.63. The number of carboxylic acid groups (broad SMARTS) is 1. The Morgan fingerprint density at radius 3 is 2.45 bits per heavy atom. The van der Waals surface area contributed by atoms with E-state index in [1.165, 1.54) is 12.1 Å². The average Bonchev–Trinajstić information content (AvgIpc) is 2.37. The van der Waals surface area contributed by atoms with Crippen molar-refractivity contribution in [1.82, 2.24) is 4.90 Å². The minimum atomic E-state index is -5.05. The summed E-state index contributed by atoms with van der Waals surface area (Å²) in [5, 5.41) is 8.97. The Morgan fingerprint density at radius 1 is 1.30 bits per heavy atom. The molecule has 1 aliphatic rings. The molecule has 0 aromatic heterocycles. The van der Waals surface area contributed by atoms with E-state index in [1.54, 1.807) is 12.1 Å². The molecule has 20 heavy (non-hydrogen) atoms. The van der Waals surface area contributed by atoms with Gasteiger partial charge in [0.25, 0.3) is 5.91 Å². The van der Waals surface area contributed by atoms with Crippen LogP contribution < -0.4 is 0 Å². The summed E-state index contributed by atoms with van der Waals surface area (Å²) >= 11 is 0. The lowest BCUT2D eigenvalue weighted by atomic mass is 9.91. The van der Waals surface area contributed by atoms with E-state index in [2.05, 4.69) is 0 Å². The molecule has 4 nitrogen and oxygen atoms in total. The van der Waals surface area contributed by atoms with Gasteiger partial charge in [-0.15, -0.1) is 0 Å². The summed E-state index contributed by atoms with van der Waals surface area (Å²) in [5.74, 6) is -2.99. The number of halogens is 3. The summed E-state index contributed by atoms with van der Waals surface area (Å²) in [6, 6.07) is 6.27. The molecule has 0 radical (unpaired) electrons. The molecule has 1 unspecified atom stereocenters. The molecule has 0 spiro atoms. The number of alkyl halides is 3. The van der Waals surface area contributed by atoms with Crippen LogP contribution in [0.25, 0.3) is 0 Å². The molecule has 1 aliphatic heterocycles. The number of hydrogen-bond acceptors (Lipinski definition) is 2. The maximum absolute atomic E-state index is 13.1. The normalized spacial score (nSPS) is 18.4. The molecule has 2 rings (SSSR count). The van der Waals surface area contributed by atoms with Gasteiger partial charge in [-0.1, -0.05) is 18.2 Å². The first kappa shape index (κ1) is 14.4. The SMILES string of the molecule is CC(C(=O)O)(N1CCc2ccccc2C1=O)C(F)(F)F. The predicted octanol–water partition coefficient (Wildman–Crippen LogP) is 2.09. The number of rotatable bonds is 2. The number of benzene rings is 1. The van der Waals surface area contributed by atoms with Gasteiger partial charge in [0, 0.05) is 12.1 Å². The molecule has 0 saturated heterocycles. The number of hydrogen-bond donors (Lipinski definition) is 1. The largest absolute Gasteiger partial charge is 0.479 e. The molecule has 1 aromatic carbocycles. The summed E-state index contributed by atoms with van der Waals surface area (Å²) in [7, 11) is 0. The zero-order valence-corrected chi connectivity index (χ0v) is 10.6. The quantitative estimate of drug-likeness (QED) is 0.906. The van der Waals surface area contributed by atoms with E-state index in [4.69, 9.17) is 5.11 Å². The summed E-state index contributed by atoms with van der Waals surface area (Å²) in [5.41, 5.74) is -2.48. The number of aliphatic carboxylic acids is 1. The number of carbonyl (C=O) groups is 2. The maximum Gasteiger partial charge on any atom is 0.422 e. The zero-order valence-electron chi connectivity index (χ0n) is 10.6. The van der Waals surface area contributed by atoms with Crippen LogP contribution in [0.3, 0.4) is 0 Å². The van der Waals surface area contributed by atoms with Crippen molar-refractivity contribution in [2.45, 2.75) is 25.1 Å². The van der Waals surface area contributed by atoms with Gasteiger partial charge >= 0.3 is 12.1 Å². The van der Waals surface area contributed by atoms with Gasteiger partial charge in [-0.25, -0.2) is 4.79 Å². The van der Waals surface area contributed by atoms with Crippen LogP contribution in [0.5, 0.6) is 0 Å². The van der Waals surface area contributed by atoms with Crippen LogP contribution in [0.15, 0.2) is 24.3 Å². The third-order valence-electron chi connectivity index (χ3n) is 3.61. The van der Waals surface area contributed by atoms with E-state index in [-0.39, 0.29) is 18.5 Å². The van der Waals surface area contributed by atoms with E-state index < -0.39 is 23.6 Å². The highest BCUT2D eigenvalue weighted by atomic mass is 19.4. The fraction of sp³-hybridized carbons (Fsp3) is 0.385. The van der Waals surface area contributed by atoms with Crippen LogP contribution in [-0.2, 0) is 11.2 Å². The van der Waals surface area contributed by atoms with Gasteiger partial charge in [0.2, 0.25) is 5.54 Å². The van der Waals surface area contributed by atoms with Gasteiger partial charge in [0.1, 0.15) is 0 Å². The highest BCUT2D eigenvalue weighted by molar-refractivity contribution is 6.00. The first-order valence-electron chi connectivity index (χ1n) is 5.89. The number of fused-ring (bicyclic) bond motifs is 1. The van der Waals surface area contributed by atoms with Gasteiger partial charge in [-0.2, -0.15) is 13.2 Å². The van der Waals surface area contributed by atoms with Crippen LogP contribution in [0.4, 0.5) is 13.2 Å². The van der Waals surface area contributed by atoms with Crippen LogP contribution >= 0.6 is 0 Å². The van der Waals surface area contributed by atoms with E-state index in [1.807, 2.05) is 0 Å². The molecule has 108 valence electrons. The lowest BCUT2D eigenvalue weighted by Gasteiger charge is -2.41. The van der Waals surface area contributed by atoms with Crippen molar-refractivity contribution in [3.63, 3.8) is 0 Å².